The van der Waals surface area contributed by atoms with Crippen LogP contribution in [0.2, 0.25) is 0 Å². The quantitative estimate of drug-likeness (QED) is 0.528. The summed E-state index contributed by atoms with van der Waals surface area (Å²) in [6, 6.07) is 15.8. The molecule has 0 atom stereocenters. The van der Waals surface area contributed by atoms with Gasteiger partial charge in [-0.2, -0.15) is 0 Å². The minimum atomic E-state index is -0.445. The van der Waals surface area contributed by atoms with Gasteiger partial charge in [-0.25, -0.2) is 9.36 Å². The Morgan fingerprint density at radius 3 is 2.07 bits per heavy atom. The molecule has 0 bridgehead atoms. The summed E-state index contributed by atoms with van der Waals surface area (Å²) in [6.45, 7) is 4.15. The van der Waals surface area contributed by atoms with E-state index in [9.17, 15) is 14.4 Å². The molecule has 0 radical (unpaired) electrons. The molecule has 0 aliphatic heterocycles. The van der Waals surface area contributed by atoms with E-state index in [4.69, 9.17) is 0 Å². The van der Waals surface area contributed by atoms with Gasteiger partial charge in [0, 0.05) is 11.1 Å². The Balaban J connectivity index is 2.07. The lowest BCUT2D eigenvalue weighted by Gasteiger charge is -2.17. The molecule has 134 valence electrons. The van der Waals surface area contributed by atoms with E-state index in [0.717, 1.165) is 5.57 Å². The molecular formula is C22H18N2O3. The van der Waals surface area contributed by atoms with Crippen LogP contribution in [0.1, 0.15) is 45.8 Å². The molecule has 1 aliphatic rings. The number of para-hydroxylation sites is 1. The third-order valence-corrected chi connectivity index (χ3v) is 4.67. The highest BCUT2D eigenvalue weighted by molar-refractivity contribution is 6.27. The molecular weight excluding hydrogens is 340 g/mol. The van der Waals surface area contributed by atoms with Gasteiger partial charge in [0.25, 0.3) is 5.56 Å². The Morgan fingerprint density at radius 1 is 0.852 bits per heavy atom. The zero-order valence-corrected chi connectivity index (χ0v) is 15.1. The zero-order valence-electron chi connectivity index (χ0n) is 15.1. The summed E-state index contributed by atoms with van der Waals surface area (Å²) < 4.78 is 3.03. The summed E-state index contributed by atoms with van der Waals surface area (Å²) in [5, 5.41) is 0. The fraction of sp³-hybridized carbons (Fsp3) is 0.136. The average Bonchev–Trinajstić information content (AvgIpc) is 2.98. The van der Waals surface area contributed by atoms with Gasteiger partial charge in [0.15, 0.2) is 0 Å². The topological polar surface area (TPSA) is 61.1 Å². The zero-order chi connectivity index (χ0) is 19.1. The molecule has 5 nitrogen and oxygen atoms in total. The fourth-order valence-corrected chi connectivity index (χ4v) is 3.37. The van der Waals surface area contributed by atoms with E-state index in [1.165, 1.54) is 4.68 Å². The van der Waals surface area contributed by atoms with Crippen LogP contribution in [0.3, 0.4) is 0 Å². The monoisotopic (exact) mass is 358 g/mol. The Labute approximate surface area is 156 Å². The minimum Gasteiger partial charge on any atom is -0.288 e. The molecule has 2 aromatic carbocycles. The lowest BCUT2D eigenvalue weighted by Crippen LogP contribution is -2.26. The van der Waals surface area contributed by atoms with Gasteiger partial charge in [0.2, 0.25) is 11.6 Å². The first-order valence-electron chi connectivity index (χ1n) is 8.73. The molecule has 0 saturated heterocycles. The van der Waals surface area contributed by atoms with Gasteiger partial charge in [-0.15, -0.1) is 0 Å². The van der Waals surface area contributed by atoms with Crippen LogP contribution >= 0.6 is 0 Å². The van der Waals surface area contributed by atoms with Crippen LogP contribution in [-0.4, -0.2) is 20.9 Å². The second-order valence-corrected chi connectivity index (χ2v) is 6.74. The van der Waals surface area contributed by atoms with Crippen molar-refractivity contribution in [3.63, 3.8) is 0 Å². The molecule has 1 heterocycles. The van der Waals surface area contributed by atoms with Crippen molar-refractivity contribution >= 4 is 11.6 Å². The summed E-state index contributed by atoms with van der Waals surface area (Å²) in [5.74, 6) is -0.706. The number of carbonyl (C=O) groups is 2. The van der Waals surface area contributed by atoms with E-state index in [1.807, 2.05) is 50.3 Å². The SMILES string of the molecule is CC(C)=CCn1c(=O)c2c(n1-c1ccccc1)C(=O)c1ccccc1C2=O. The largest absolute Gasteiger partial charge is 0.288 e. The number of hydrogen-bond acceptors (Lipinski definition) is 3. The van der Waals surface area contributed by atoms with Crippen LogP contribution in [0.4, 0.5) is 0 Å². The molecule has 0 spiro atoms. The maximum absolute atomic E-state index is 13.2. The lowest BCUT2D eigenvalue weighted by molar-refractivity contribution is 0.0974. The van der Waals surface area contributed by atoms with Crippen molar-refractivity contribution in [3.8, 4) is 5.69 Å². The van der Waals surface area contributed by atoms with Crippen molar-refractivity contribution in [2.24, 2.45) is 0 Å². The van der Waals surface area contributed by atoms with Crippen LogP contribution in [0.15, 0.2) is 71.0 Å². The third-order valence-electron chi connectivity index (χ3n) is 4.67. The maximum Gasteiger partial charge on any atom is 0.279 e. The number of benzene rings is 2. The number of carbonyl (C=O) groups excluding carboxylic acids is 2. The van der Waals surface area contributed by atoms with Gasteiger partial charge in [0.05, 0.1) is 12.2 Å². The molecule has 0 N–H and O–H groups in total. The van der Waals surface area contributed by atoms with Crippen LogP contribution < -0.4 is 5.56 Å². The highest BCUT2D eigenvalue weighted by atomic mass is 16.2. The van der Waals surface area contributed by atoms with Crippen LogP contribution in [0.5, 0.6) is 0 Å². The molecule has 0 fully saturated rings. The molecule has 3 aromatic rings. The molecule has 0 amide bonds. The molecule has 1 aromatic heterocycles. The predicted octanol–water partition coefficient (Wildman–Crippen LogP) is 3.38. The van der Waals surface area contributed by atoms with Crippen molar-refractivity contribution in [3.05, 3.63) is 99.0 Å². The van der Waals surface area contributed by atoms with Crippen molar-refractivity contribution in [2.75, 3.05) is 0 Å². The first kappa shape index (κ1) is 17.0. The summed E-state index contributed by atoms with van der Waals surface area (Å²) in [6.07, 6.45) is 1.90. The summed E-state index contributed by atoms with van der Waals surface area (Å²) in [5.41, 5.74) is 1.96. The first-order valence-corrected chi connectivity index (χ1v) is 8.73. The van der Waals surface area contributed by atoms with E-state index < -0.39 is 11.3 Å². The maximum atomic E-state index is 13.2. The predicted molar refractivity (Wildman–Crippen MR) is 103 cm³/mol. The van der Waals surface area contributed by atoms with Crippen molar-refractivity contribution in [1.29, 1.82) is 0 Å². The summed E-state index contributed by atoms with van der Waals surface area (Å²) >= 11 is 0. The lowest BCUT2D eigenvalue weighted by atomic mass is 9.88. The van der Waals surface area contributed by atoms with E-state index in [1.54, 1.807) is 28.9 Å². The number of rotatable bonds is 3. The molecule has 0 unspecified atom stereocenters. The van der Waals surface area contributed by atoms with E-state index >= 15 is 0 Å². The smallest absolute Gasteiger partial charge is 0.279 e. The highest BCUT2D eigenvalue weighted by Gasteiger charge is 2.37. The van der Waals surface area contributed by atoms with Crippen molar-refractivity contribution < 1.29 is 9.59 Å². The van der Waals surface area contributed by atoms with Gasteiger partial charge in [-0.1, -0.05) is 54.1 Å². The molecule has 5 heteroatoms. The Hall–Kier alpha value is -3.47. The molecule has 0 saturated carbocycles. The third kappa shape index (κ3) is 2.59. The van der Waals surface area contributed by atoms with Gasteiger partial charge in [0.1, 0.15) is 11.3 Å². The Kier molecular flexibility index (Phi) is 4.00. The standard InChI is InChI=1S/C22H18N2O3/c1-14(2)12-13-23-22(27)18-19(24(23)15-8-4-3-5-9-15)21(26)17-11-7-6-10-16(17)20(18)25/h3-12H,13H2,1-2H3. The second-order valence-electron chi connectivity index (χ2n) is 6.74. The number of fused-ring (bicyclic) bond motifs is 2. The number of nitrogens with zero attached hydrogens (tertiary/aromatic N) is 2. The van der Waals surface area contributed by atoms with Crippen LogP contribution in [0, 0.1) is 0 Å². The molecule has 27 heavy (non-hydrogen) atoms. The normalized spacial score (nSPS) is 12.5. The Morgan fingerprint density at radius 2 is 1.44 bits per heavy atom. The number of ketones is 2. The summed E-state index contributed by atoms with van der Waals surface area (Å²) in [4.78, 5) is 39.4. The molecule has 4 rings (SSSR count). The van der Waals surface area contributed by atoms with E-state index in [0.29, 0.717) is 11.3 Å². The highest BCUT2D eigenvalue weighted by Crippen LogP contribution is 2.27. The van der Waals surface area contributed by atoms with Gasteiger partial charge < -0.3 is 0 Å². The number of allylic oxidation sites excluding steroid dienone is 2. The van der Waals surface area contributed by atoms with E-state index in [-0.39, 0.29) is 29.1 Å². The van der Waals surface area contributed by atoms with Gasteiger partial charge >= 0.3 is 0 Å². The molecule has 1 aliphatic carbocycles. The van der Waals surface area contributed by atoms with Crippen molar-refractivity contribution in [2.45, 2.75) is 20.4 Å². The van der Waals surface area contributed by atoms with Crippen molar-refractivity contribution in [1.82, 2.24) is 9.36 Å². The first-order chi connectivity index (χ1) is 13.0. The number of hydrogen-bond donors (Lipinski definition) is 0. The second kappa shape index (κ2) is 6.36. The minimum absolute atomic E-state index is 0.0512. The number of aromatic nitrogens is 2. The van der Waals surface area contributed by atoms with Gasteiger partial charge in [-0.3, -0.25) is 14.4 Å². The van der Waals surface area contributed by atoms with E-state index in [2.05, 4.69) is 0 Å². The fourth-order valence-electron chi connectivity index (χ4n) is 3.37. The summed E-state index contributed by atoms with van der Waals surface area (Å²) in [7, 11) is 0. The average molecular weight is 358 g/mol. The Bertz CT molecular complexity index is 1160. The van der Waals surface area contributed by atoms with Crippen LogP contribution in [0.25, 0.3) is 5.69 Å². The van der Waals surface area contributed by atoms with Crippen LogP contribution in [-0.2, 0) is 6.54 Å². The van der Waals surface area contributed by atoms with Gasteiger partial charge in [-0.05, 0) is 26.0 Å².